The Morgan fingerprint density at radius 3 is 2.26 bits per heavy atom. The third-order valence-electron chi connectivity index (χ3n) is 7.09. The molecule has 212 valence electrons. The van der Waals surface area contributed by atoms with E-state index in [9.17, 15) is 21.6 Å². The summed E-state index contributed by atoms with van der Waals surface area (Å²) in [5.41, 5.74) is 5.28. The summed E-state index contributed by atoms with van der Waals surface area (Å²) in [7, 11) is -4.28. The molecule has 0 unspecified atom stereocenters. The molecule has 4 rings (SSSR count). The molecule has 0 radical (unpaired) electrons. The van der Waals surface area contributed by atoms with Crippen LogP contribution in [0.5, 0.6) is 0 Å². The van der Waals surface area contributed by atoms with Crippen molar-refractivity contribution in [2.75, 3.05) is 36.8 Å². The molecule has 0 atom stereocenters. The van der Waals surface area contributed by atoms with Crippen LogP contribution in [0, 0.1) is 11.8 Å². The molecule has 8 nitrogen and oxygen atoms in total. The van der Waals surface area contributed by atoms with Crippen molar-refractivity contribution in [3.8, 4) is 0 Å². The van der Waals surface area contributed by atoms with Crippen LogP contribution >= 0.6 is 0 Å². The SMILES string of the molecule is NCCCCNc1nc(NCC2CCC(CNS(=O)(=O)c3ccccc3C(F)(F)F)CC2)nc2ccccc12. The topological polar surface area (TPSA) is 122 Å². The van der Waals surface area contributed by atoms with Crippen molar-refractivity contribution >= 4 is 32.7 Å². The van der Waals surface area contributed by atoms with Gasteiger partial charge in [0.25, 0.3) is 0 Å². The summed E-state index contributed by atoms with van der Waals surface area (Å²) in [6.45, 7) is 2.22. The smallest absolute Gasteiger partial charge is 0.369 e. The van der Waals surface area contributed by atoms with Gasteiger partial charge in [0, 0.05) is 25.0 Å². The summed E-state index contributed by atoms with van der Waals surface area (Å²) in [5, 5.41) is 7.71. The zero-order chi connectivity index (χ0) is 27.9. The van der Waals surface area contributed by atoms with Gasteiger partial charge in [0.2, 0.25) is 16.0 Å². The molecule has 1 aromatic heterocycles. The number of fused-ring (bicyclic) bond motifs is 1. The molecule has 1 saturated carbocycles. The van der Waals surface area contributed by atoms with E-state index in [2.05, 4.69) is 25.3 Å². The lowest BCUT2D eigenvalue weighted by Gasteiger charge is -2.29. The first-order valence-corrected chi connectivity index (χ1v) is 14.8. The third kappa shape index (κ3) is 7.80. The number of para-hydroxylation sites is 1. The minimum absolute atomic E-state index is 0.0651. The highest BCUT2D eigenvalue weighted by molar-refractivity contribution is 7.89. The molecule has 0 aliphatic heterocycles. The van der Waals surface area contributed by atoms with Gasteiger partial charge in [-0.05, 0) is 81.2 Å². The Labute approximate surface area is 227 Å². The van der Waals surface area contributed by atoms with Crippen molar-refractivity contribution in [1.29, 1.82) is 0 Å². The maximum absolute atomic E-state index is 13.3. The van der Waals surface area contributed by atoms with Crippen LogP contribution in [0.1, 0.15) is 44.1 Å². The van der Waals surface area contributed by atoms with Gasteiger partial charge < -0.3 is 16.4 Å². The van der Waals surface area contributed by atoms with Gasteiger partial charge in [-0.15, -0.1) is 0 Å². The number of halogens is 3. The van der Waals surface area contributed by atoms with Crippen LogP contribution in [0.3, 0.4) is 0 Å². The predicted octanol–water partition coefficient (Wildman–Crippen LogP) is 5.00. The lowest BCUT2D eigenvalue weighted by atomic mass is 9.82. The Hall–Kier alpha value is -2.96. The minimum Gasteiger partial charge on any atom is -0.369 e. The van der Waals surface area contributed by atoms with Crippen molar-refractivity contribution in [2.24, 2.45) is 17.6 Å². The number of hydrogen-bond acceptors (Lipinski definition) is 7. The number of hydrogen-bond donors (Lipinski definition) is 4. The number of alkyl halides is 3. The average Bonchev–Trinajstić information content (AvgIpc) is 2.93. The first kappa shape index (κ1) is 29.0. The molecule has 5 N–H and O–H groups in total. The van der Waals surface area contributed by atoms with Crippen molar-refractivity contribution in [2.45, 2.75) is 49.6 Å². The highest BCUT2D eigenvalue weighted by Crippen LogP contribution is 2.34. The molecular weight excluding hydrogens is 529 g/mol. The predicted molar refractivity (Wildman–Crippen MR) is 147 cm³/mol. The van der Waals surface area contributed by atoms with Gasteiger partial charge in [-0.3, -0.25) is 0 Å². The van der Waals surface area contributed by atoms with Gasteiger partial charge in [-0.1, -0.05) is 24.3 Å². The van der Waals surface area contributed by atoms with E-state index >= 15 is 0 Å². The molecule has 12 heteroatoms. The first-order valence-electron chi connectivity index (χ1n) is 13.3. The standard InChI is InChI=1S/C27H35F3N6O2S/c28-27(29,30)22-8-2-4-10-24(22)39(37,38)34-18-20-13-11-19(12-14-20)17-33-26-35-23-9-3-1-7-21(23)25(36-26)32-16-6-5-15-31/h1-4,7-10,19-20,34H,5-6,11-18,31H2,(H2,32,33,35,36). The summed E-state index contributed by atoms with van der Waals surface area (Å²) in [6, 6.07) is 12.1. The fraction of sp³-hybridized carbons (Fsp3) is 0.481. The monoisotopic (exact) mass is 564 g/mol. The molecule has 0 spiro atoms. The van der Waals surface area contributed by atoms with Crippen LogP contribution < -0.4 is 21.1 Å². The number of benzene rings is 2. The molecule has 0 saturated heterocycles. The number of unbranched alkanes of at least 4 members (excludes halogenated alkanes) is 1. The van der Waals surface area contributed by atoms with Gasteiger partial charge >= 0.3 is 6.18 Å². The van der Waals surface area contributed by atoms with Crippen LogP contribution in [-0.4, -0.2) is 44.6 Å². The highest BCUT2D eigenvalue weighted by Gasteiger charge is 2.37. The highest BCUT2D eigenvalue weighted by atomic mass is 32.2. The second-order valence-electron chi connectivity index (χ2n) is 9.95. The fourth-order valence-corrected chi connectivity index (χ4v) is 6.22. The van der Waals surface area contributed by atoms with E-state index in [0.717, 1.165) is 73.9 Å². The maximum Gasteiger partial charge on any atom is 0.417 e. The molecule has 1 aliphatic rings. The van der Waals surface area contributed by atoms with Crippen molar-refractivity contribution in [3.63, 3.8) is 0 Å². The quantitative estimate of drug-likeness (QED) is 0.229. The zero-order valence-corrected chi connectivity index (χ0v) is 22.5. The normalized spacial score (nSPS) is 18.3. The molecule has 39 heavy (non-hydrogen) atoms. The van der Waals surface area contributed by atoms with E-state index in [-0.39, 0.29) is 12.5 Å². The molecule has 1 fully saturated rings. The van der Waals surface area contributed by atoms with Crippen LogP contribution in [0.2, 0.25) is 0 Å². The Morgan fingerprint density at radius 1 is 0.872 bits per heavy atom. The Balaban J connectivity index is 1.29. The summed E-state index contributed by atoms with van der Waals surface area (Å²) in [4.78, 5) is 8.60. The Morgan fingerprint density at radius 2 is 1.54 bits per heavy atom. The summed E-state index contributed by atoms with van der Waals surface area (Å²) < 4.78 is 67.5. The number of nitrogens with two attached hydrogens (primary N) is 1. The number of aromatic nitrogens is 2. The van der Waals surface area contributed by atoms with Gasteiger partial charge in [0.1, 0.15) is 5.82 Å². The fourth-order valence-electron chi connectivity index (χ4n) is 4.88. The Bertz CT molecular complexity index is 1340. The van der Waals surface area contributed by atoms with Crippen LogP contribution in [-0.2, 0) is 16.2 Å². The minimum atomic E-state index is -4.74. The molecule has 0 bridgehead atoms. The molecule has 2 aromatic carbocycles. The van der Waals surface area contributed by atoms with Crippen molar-refractivity contribution in [1.82, 2.24) is 14.7 Å². The average molecular weight is 565 g/mol. The van der Waals surface area contributed by atoms with Crippen LogP contribution in [0.25, 0.3) is 10.9 Å². The van der Waals surface area contributed by atoms with Crippen LogP contribution in [0.15, 0.2) is 53.4 Å². The van der Waals surface area contributed by atoms with Gasteiger partial charge in [0.05, 0.1) is 16.0 Å². The van der Waals surface area contributed by atoms with E-state index < -0.39 is 26.7 Å². The number of rotatable bonds is 12. The molecule has 1 heterocycles. The number of nitrogens with one attached hydrogen (secondary N) is 3. The summed E-state index contributed by atoms with van der Waals surface area (Å²) in [5.74, 6) is 1.76. The van der Waals surface area contributed by atoms with Crippen LogP contribution in [0.4, 0.5) is 24.9 Å². The second-order valence-corrected chi connectivity index (χ2v) is 11.7. The Kier molecular flexibility index (Phi) is 9.62. The van der Waals surface area contributed by atoms with Crippen molar-refractivity contribution < 1.29 is 21.6 Å². The lowest BCUT2D eigenvalue weighted by molar-refractivity contribution is -0.139. The third-order valence-corrected chi connectivity index (χ3v) is 8.57. The summed E-state index contributed by atoms with van der Waals surface area (Å²) in [6.07, 6.45) is 0.446. The van der Waals surface area contributed by atoms with E-state index in [4.69, 9.17) is 5.73 Å². The molecular formula is C27H35F3N6O2S. The van der Waals surface area contributed by atoms with E-state index in [1.54, 1.807) is 0 Å². The van der Waals surface area contributed by atoms with E-state index in [1.165, 1.54) is 12.1 Å². The number of nitrogens with zero attached hydrogens (tertiary/aromatic N) is 2. The largest absolute Gasteiger partial charge is 0.417 e. The lowest BCUT2D eigenvalue weighted by Crippen LogP contribution is -2.33. The van der Waals surface area contributed by atoms with E-state index in [0.29, 0.717) is 25.0 Å². The van der Waals surface area contributed by atoms with E-state index in [1.807, 2.05) is 24.3 Å². The number of anilines is 2. The molecule has 3 aromatic rings. The van der Waals surface area contributed by atoms with Crippen molar-refractivity contribution in [3.05, 3.63) is 54.1 Å². The number of sulfonamides is 1. The second kappa shape index (κ2) is 12.9. The molecule has 0 amide bonds. The van der Waals surface area contributed by atoms with Gasteiger partial charge in [0.15, 0.2) is 0 Å². The molecule has 1 aliphatic carbocycles. The summed E-state index contributed by atoms with van der Waals surface area (Å²) >= 11 is 0. The zero-order valence-electron chi connectivity index (χ0n) is 21.7. The first-order chi connectivity index (χ1) is 18.7. The maximum atomic E-state index is 13.3. The van der Waals surface area contributed by atoms with Gasteiger partial charge in [-0.25, -0.2) is 18.1 Å². The van der Waals surface area contributed by atoms with Gasteiger partial charge in [-0.2, -0.15) is 18.2 Å².